The SMILES string of the molecule is CC1CCCC(N2C(=O)C3C(C(=O)Nc4cccc(Cl)c4)C4C=CC3(O4)C2C(=O)NC2CCCCC2)C1C. The third-order valence-electron chi connectivity index (χ3n) is 9.93. The number of hydrogen-bond acceptors (Lipinski definition) is 4. The monoisotopic (exact) mass is 539 g/mol. The molecule has 0 aromatic heterocycles. The Bertz CT molecular complexity index is 1150. The first-order valence-corrected chi connectivity index (χ1v) is 14.7. The van der Waals surface area contributed by atoms with E-state index in [1.807, 2.05) is 17.1 Å². The lowest BCUT2D eigenvalue weighted by atomic mass is 9.74. The summed E-state index contributed by atoms with van der Waals surface area (Å²) in [6.07, 6.45) is 11.6. The quantitative estimate of drug-likeness (QED) is 0.531. The van der Waals surface area contributed by atoms with Crippen molar-refractivity contribution in [3.8, 4) is 0 Å². The molecular weight excluding hydrogens is 502 g/mol. The molecule has 204 valence electrons. The molecule has 2 N–H and O–H groups in total. The highest BCUT2D eigenvalue weighted by Crippen LogP contribution is 2.56. The Morgan fingerprint density at radius 3 is 2.61 bits per heavy atom. The zero-order valence-corrected chi connectivity index (χ0v) is 23.0. The van der Waals surface area contributed by atoms with Crippen LogP contribution in [-0.4, -0.2) is 52.5 Å². The molecule has 4 fully saturated rings. The number of hydrogen-bond donors (Lipinski definition) is 2. The topological polar surface area (TPSA) is 87.7 Å². The van der Waals surface area contributed by atoms with Crippen LogP contribution in [0.1, 0.15) is 65.2 Å². The summed E-state index contributed by atoms with van der Waals surface area (Å²) in [6, 6.07) is 6.28. The zero-order valence-electron chi connectivity index (χ0n) is 22.2. The number of fused-ring (bicyclic) bond motifs is 1. The standard InChI is InChI=1S/C30H38ClN3O4/c1-17-8-6-13-22(18(17)2)34-26(28(36)32-20-10-4-3-5-11-20)30-15-14-23(38-30)24(25(30)29(34)37)27(35)33-21-12-7-9-19(31)16-21/h7,9,12,14-18,20,22-26H,3-6,8,10-11,13H2,1-2H3,(H,32,36)(H,33,35). The van der Waals surface area contributed by atoms with Crippen LogP contribution in [0, 0.1) is 23.7 Å². The van der Waals surface area contributed by atoms with Crippen molar-refractivity contribution in [3.63, 3.8) is 0 Å². The van der Waals surface area contributed by atoms with Crippen molar-refractivity contribution in [1.82, 2.24) is 10.2 Å². The van der Waals surface area contributed by atoms with Crippen molar-refractivity contribution in [3.05, 3.63) is 41.4 Å². The van der Waals surface area contributed by atoms with E-state index in [1.54, 1.807) is 24.3 Å². The molecule has 7 nitrogen and oxygen atoms in total. The zero-order chi connectivity index (χ0) is 26.6. The smallest absolute Gasteiger partial charge is 0.246 e. The van der Waals surface area contributed by atoms with Crippen molar-refractivity contribution in [1.29, 1.82) is 0 Å². The number of nitrogens with zero attached hydrogens (tertiary/aromatic N) is 1. The summed E-state index contributed by atoms with van der Waals surface area (Å²) < 4.78 is 6.53. The van der Waals surface area contributed by atoms with E-state index < -0.39 is 29.6 Å². The molecule has 3 aliphatic heterocycles. The average molecular weight is 540 g/mol. The maximum absolute atomic E-state index is 14.4. The number of carbonyl (C=O) groups is 3. The molecule has 8 heteroatoms. The van der Waals surface area contributed by atoms with Crippen LogP contribution in [0.5, 0.6) is 0 Å². The normalized spacial score (nSPS) is 38.3. The Kier molecular flexibility index (Phi) is 6.79. The van der Waals surface area contributed by atoms with Gasteiger partial charge in [0.2, 0.25) is 17.7 Å². The fourth-order valence-corrected chi connectivity index (χ4v) is 8.02. The number of benzene rings is 1. The molecule has 1 spiro atoms. The van der Waals surface area contributed by atoms with Gasteiger partial charge in [-0.05, 0) is 49.3 Å². The van der Waals surface area contributed by atoms with Crippen LogP contribution in [0.25, 0.3) is 0 Å². The molecule has 1 aromatic carbocycles. The molecule has 2 bridgehead atoms. The van der Waals surface area contributed by atoms with E-state index in [0.29, 0.717) is 16.6 Å². The second-order valence-electron chi connectivity index (χ2n) is 12.1. The fraction of sp³-hybridized carbons (Fsp3) is 0.633. The summed E-state index contributed by atoms with van der Waals surface area (Å²) in [6.45, 7) is 4.43. The number of likely N-dealkylation sites (tertiary alicyclic amines) is 1. The highest BCUT2D eigenvalue weighted by atomic mass is 35.5. The average Bonchev–Trinajstić information content (AvgIpc) is 3.54. The van der Waals surface area contributed by atoms with Gasteiger partial charge >= 0.3 is 0 Å². The maximum Gasteiger partial charge on any atom is 0.246 e. The number of anilines is 1. The predicted molar refractivity (Wildman–Crippen MR) is 145 cm³/mol. The van der Waals surface area contributed by atoms with Gasteiger partial charge in [0.15, 0.2) is 0 Å². The lowest BCUT2D eigenvalue weighted by Gasteiger charge is -2.44. The van der Waals surface area contributed by atoms with Gasteiger partial charge in [-0.25, -0.2) is 0 Å². The summed E-state index contributed by atoms with van der Waals surface area (Å²) >= 11 is 6.13. The van der Waals surface area contributed by atoms with Gasteiger partial charge in [0.25, 0.3) is 0 Å². The Morgan fingerprint density at radius 1 is 1.05 bits per heavy atom. The molecule has 2 aliphatic carbocycles. The second kappa shape index (κ2) is 9.98. The molecular formula is C30H38ClN3O4. The summed E-state index contributed by atoms with van der Waals surface area (Å²) in [5, 5.41) is 6.77. The number of carbonyl (C=O) groups excluding carboxylic acids is 3. The molecule has 1 aromatic rings. The lowest BCUT2D eigenvalue weighted by molar-refractivity contribution is -0.146. The van der Waals surface area contributed by atoms with Crippen molar-refractivity contribution in [2.45, 2.75) is 95.0 Å². The van der Waals surface area contributed by atoms with E-state index in [4.69, 9.17) is 16.3 Å². The minimum absolute atomic E-state index is 0.0546. The fourth-order valence-electron chi connectivity index (χ4n) is 7.83. The number of nitrogens with one attached hydrogen (secondary N) is 2. The van der Waals surface area contributed by atoms with E-state index >= 15 is 0 Å². The van der Waals surface area contributed by atoms with Crippen molar-refractivity contribution >= 4 is 35.0 Å². The molecule has 3 amide bonds. The van der Waals surface area contributed by atoms with Gasteiger partial charge in [-0.3, -0.25) is 14.4 Å². The van der Waals surface area contributed by atoms with Crippen molar-refractivity contribution in [2.24, 2.45) is 23.7 Å². The first-order valence-electron chi connectivity index (χ1n) is 14.4. The third-order valence-corrected chi connectivity index (χ3v) is 10.2. The molecule has 2 saturated heterocycles. The summed E-state index contributed by atoms with van der Waals surface area (Å²) in [4.78, 5) is 44.0. The highest BCUT2D eigenvalue weighted by molar-refractivity contribution is 6.30. The third kappa shape index (κ3) is 4.17. The van der Waals surface area contributed by atoms with Crippen LogP contribution >= 0.6 is 11.6 Å². The number of amides is 3. The molecule has 8 atom stereocenters. The van der Waals surface area contributed by atoms with Gasteiger partial charge < -0.3 is 20.3 Å². The van der Waals surface area contributed by atoms with Crippen LogP contribution < -0.4 is 10.6 Å². The lowest BCUT2D eigenvalue weighted by Crippen LogP contribution is -2.60. The minimum atomic E-state index is -1.13. The van der Waals surface area contributed by atoms with Crippen LogP contribution in [0.4, 0.5) is 5.69 Å². The highest BCUT2D eigenvalue weighted by Gasteiger charge is 2.73. The number of rotatable bonds is 5. The van der Waals surface area contributed by atoms with Crippen molar-refractivity contribution in [2.75, 3.05) is 5.32 Å². The van der Waals surface area contributed by atoms with Gasteiger partial charge in [0.05, 0.1) is 17.9 Å². The molecule has 0 radical (unpaired) electrons. The summed E-state index contributed by atoms with van der Waals surface area (Å²) in [7, 11) is 0. The van der Waals surface area contributed by atoms with Crippen molar-refractivity contribution < 1.29 is 19.1 Å². The molecule has 2 saturated carbocycles. The number of halogens is 1. The maximum atomic E-state index is 14.4. The van der Waals surface area contributed by atoms with Crippen LogP contribution in [0.15, 0.2) is 36.4 Å². The first-order chi connectivity index (χ1) is 18.3. The predicted octanol–water partition coefficient (Wildman–Crippen LogP) is 4.70. The van der Waals surface area contributed by atoms with Gasteiger partial charge in [0, 0.05) is 22.8 Å². The minimum Gasteiger partial charge on any atom is -0.359 e. The van der Waals surface area contributed by atoms with Crippen LogP contribution in [0.3, 0.4) is 0 Å². The first kappa shape index (κ1) is 25.9. The number of ether oxygens (including phenoxy) is 1. The molecule has 8 unspecified atom stereocenters. The van der Waals surface area contributed by atoms with E-state index in [9.17, 15) is 14.4 Å². The van der Waals surface area contributed by atoms with E-state index in [0.717, 1.165) is 44.9 Å². The molecule has 3 heterocycles. The van der Waals surface area contributed by atoms with Gasteiger partial charge in [-0.15, -0.1) is 0 Å². The molecule has 5 aliphatic rings. The van der Waals surface area contributed by atoms with Gasteiger partial charge in [-0.1, -0.05) is 75.8 Å². The Hall–Kier alpha value is -2.38. The second-order valence-corrected chi connectivity index (χ2v) is 12.6. The van der Waals surface area contributed by atoms with Crippen LogP contribution in [0.2, 0.25) is 5.02 Å². The van der Waals surface area contributed by atoms with E-state index in [-0.39, 0.29) is 35.7 Å². The Balaban J connectivity index is 1.34. The summed E-state index contributed by atoms with van der Waals surface area (Å²) in [5.41, 5.74) is -0.552. The molecule has 6 rings (SSSR count). The summed E-state index contributed by atoms with van der Waals surface area (Å²) in [5.74, 6) is -1.28. The van der Waals surface area contributed by atoms with Gasteiger partial charge in [0.1, 0.15) is 11.6 Å². The van der Waals surface area contributed by atoms with E-state index in [1.165, 1.54) is 6.42 Å². The Morgan fingerprint density at radius 2 is 1.84 bits per heavy atom. The largest absolute Gasteiger partial charge is 0.359 e. The Labute approximate surface area is 229 Å². The van der Waals surface area contributed by atoms with E-state index in [2.05, 4.69) is 24.5 Å². The van der Waals surface area contributed by atoms with Crippen LogP contribution in [-0.2, 0) is 19.1 Å². The molecule has 38 heavy (non-hydrogen) atoms. The van der Waals surface area contributed by atoms with Gasteiger partial charge in [-0.2, -0.15) is 0 Å².